The van der Waals surface area contributed by atoms with Gasteiger partial charge in [0.25, 0.3) is 0 Å². The lowest BCUT2D eigenvalue weighted by Crippen LogP contribution is -2.29. The predicted molar refractivity (Wildman–Crippen MR) is 61.2 cm³/mol. The van der Waals surface area contributed by atoms with Crippen molar-refractivity contribution in [1.29, 1.82) is 0 Å². The van der Waals surface area contributed by atoms with Crippen LogP contribution in [0.2, 0.25) is 0 Å². The van der Waals surface area contributed by atoms with Gasteiger partial charge in [-0.15, -0.1) is 0 Å². The van der Waals surface area contributed by atoms with Crippen molar-refractivity contribution < 1.29 is 19.0 Å². The molecule has 96 valence electrons. The zero-order valence-corrected chi connectivity index (χ0v) is 10.5. The molecule has 0 aliphatic rings. The highest BCUT2D eigenvalue weighted by Gasteiger charge is 2.07. The van der Waals surface area contributed by atoms with Gasteiger partial charge < -0.3 is 19.5 Å². The summed E-state index contributed by atoms with van der Waals surface area (Å²) in [6.07, 6.45) is 0.192. The fraction of sp³-hybridized carbons (Fsp3) is 0.909. The van der Waals surface area contributed by atoms with Gasteiger partial charge in [-0.3, -0.25) is 4.79 Å². The maximum absolute atomic E-state index is 10.9. The fourth-order valence-corrected chi connectivity index (χ4v) is 1.08. The largest absolute Gasteiger partial charge is 0.374 e. The second-order valence-corrected chi connectivity index (χ2v) is 3.12. The molecule has 0 heterocycles. The zero-order chi connectivity index (χ0) is 12.2. The molecule has 0 unspecified atom stereocenters. The van der Waals surface area contributed by atoms with Crippen LogP contribution in [0.25, 0.3) is 0 Å². The topological polar surface area (TPSA) is 56.8 Å². The van der Waals surface area contributed by atoms with E-state index in [1.54, 1.807) is 0 Å². The highest BCUT2D eigenvalue weighted by molar-refractivity contribution is 5.75. The maximum atomic E-state index is 10.9. The summed E-state index contributed by atoms with van der Waals surface area (Å²) in [5.41, 5.74) is 0. The smallest absolute Gasteiger partial charge is 0.219 e. The molecule has 0 spiro atoms. The molecule has 0 bridgehead atoms. The molecule has 1 N–H and O–H groups in total. The number of carbonyl (C=O) groups is 1. The molecule has 0 radical (unpaired) electrons. The van der Waals surface area contributed by atoms with Gasteiger partial charge in [0.2, 0.25) is 5.91 Å². The molecule has 0 aromatic heterocycles. The Labute approximate surface area is 97.4 Å². The number of hydrogen-bond donors (Lipinski definition) is 1. The van der Waals surface area contributed by atoms with Crippen molar-refractivity contribution in [3.63, 3.8) is 0 Å². The van der Waals surface area contributed by atoms with Crippen LogP contribution < -0.4 is 5.32 Å². The van der Waals surface area contributed by atoms with Crippen LogP contribution in [0.5, 0.6) is 0 Å². The summed E-state index contributed by atoms with van der Waals surface area (Å²) >= 11 is 0. The monoisotopic (exact) mass is 233 g/mol. The van der Waals surface area contributed by atoms with Gasteiger partial charge in [-0.2, -0.15) is 0 Å². The third-order valence-electron chi connectivity index (χ3n) is 1.85. The van der Waals surface area contributed by atoms with Crippen molar-refractivity contribution in [2.45, 2.75) is 33.5 Å². The van der Waals surface area contributed by atoms with E-state index in [4.69, 9.17) is 14.2 Å². The predicted octanol–water partition coefficient (Wildman–Crippen LogP) is 0.928. The molecular weight excluding hydrogens is 210 g/mol. The number of carbonyl (C=O) groups excluding carboxylic acids is 1. The number of hydrogen-bond acceptors (Lipinski definition) is 4. The Morgan fingerprint density at radius 2 is 1.81 bits per heavy atom. The summed E-state index contributed by atoms with van der Waals surface area (Å²) in [6.45, 7) is 8.22. The fourth-order valence-electron chi connectivity index (χ4n) is 1.08. The molecule has 0 rings (SSSR count). The van der Waals surface area contributed by atoms with Crippen molar-refractivity contribution in [2.75, 3.05) is 33.0 Å². The van der Waals surface area contributed by atoms with E-state index in [2.05, 4.69) is 5.32 Å². The van der Waals surface area contributed by atoms with E-state index in [1.165, 1.54) is 0 Å². The highest BCUT2D eigenvalue weighted by Crippen LogP contribution is 1.95. The molecule has 0 saturated heterocycles. The zero-order valence-electron chi connectivity index (χ0n) is 10.5. The molecule has 5 heteroatoms. The first kappa shape index (κ1) is 15.3. The summed E-state index contributed by atoms with van der Waals surface area (Å²) in [5.74, 6) is 0.0368. The normalized spacial score (nSPS) is 10.8. The summed E-state index contributed by atoms with van der Waals surface area (Å²) in [7, 11) is 0. The van der Waals surface area contributed by atoms with Crippen molar-refractivity contribution >= 4 is 5.91 Å². The lowest BCUT2D eigenvalue weighted by molar-refractivity contribution is -0.167. The Morgan fingerprint density at radius 1 is 1.19 bits per heavy atom. The van der Waals surface area contributed by atoms with Gasteiger partial charge >= 0.3 is 0 Å². The average molecular weight is 233 g/mol. The van der Waals surface area contributed by atoms with Crippen LogP contribution in [0, 0.1) is 0 Å². The van der Waals surface area contributed by atoms with Gasteiger partial charge in [-0.1, -0.05) is 6.92 Å². The van der Waals surface area contributed by atoms with Crippen LogP contribution in [-0.2, 0) is 19.0 Å². The van der Waals surface area contributed by atoms with E-state index in [0.717, 1.165) is 0 Å². The van der Waals surface area contributed by atoms with E-state index >= 15 is 0 Å². The molecule has 0 atom stereocenters. The van der Waals surface area contributed by atoms with Crippen molar-refractivity contribution in [3.05, 3.63) is 0 Å². The molecular formula is C11H23NO4. The molecule has 5 nitrogen and oxygen atoms in total. The van der Waals surface area contributed by atoms with E-state index in [9.17, 15) is 4.79 Å². The minimum absolute atomic E-state index is 0.0368. The summed E-state index contributed by atoms with van der Waals surface area (Å²) < 4.78 is 15.9. The van der Waals surface area contributed by atoms with E-state index in [-0.39, 0.29) is 12.2 Å². The third kappa shape index (κ3) is 8.64. The van der Waals surface area contributed by atoms with Gasteiger partial charge in [0, 0.05) is 26.2 Å². The molecule has 0 aliphatic carbocycles. The SMILES string of the molecule is CCOC(COCCNC(=O)CC)OCC. The van der Waals surface area contributed by atoms with Gasteiger partial charge in [0.15, 0.2) is 6.29 Å². The van der Waals surface area contributed by atoms with Crippen LogP contribution in [0.4, 0.5) is 0 Å². The molecule has 0 aliphatic heterocycles. The Kier molecular flexibility index (Phi) is 10.4. The summed E-state index contributed by atoms with van der Waals surface area (Å²) in [6, 6.07) is 0. The Morgan fingerprint density at radius 3 is 2.31 bits per heavy atom. The average Bonchev–Trinajstić information content (AvgIpc) is 2.28. The lowest BCUT2D eigenvalue weighted by atomic mass is 10.4. The van der Waals surface area contributed by atoms with Crippen LogP contribution >= 0.6 is 0 Å². The van der Waals surface area contributed by atoms with E-state index in [1.807, 2.05) is 20.8 Å². The van der Waals surface area contributed by atoms with Crippen molar-refractivity contribution in [2.24, 2.45) is 0 Å². The standard InChI is InChI=1S/C11H23NO4/c1-4-10(13)12-7-8-14-9-11(15-5-2)16-6-3/h11H,4-9H2,1-3H3,(H,12,13). The number of nitrogens with one attached hydrogen (secondary N) is 1. The number of amides is 1. The highest BCUT2D eigenvalue weighted by atomic mass is 16.7. The van der Waals surface area contributed by atoms with Crippen LogP contribution in [-0.4, -0.2) is 45.2 Å². The van der Waals surface area contributed by atoms with E-state index < -0.39 is 0 Å². The molecule has 0 fully saturated rings. The van der Waals surface area contributed by atoms with Crippen LogP contribution in [0.3, 0.4) is 0 Å². The minimum atomic E-state index is -0.308. The van der Waals surface area contributed by atoms with E-state index in [0.29, 0.717) is 39.4 Å². The maximum Gasteiger partial charge on any atom is 0.219 e. The number of ether oxygens (including phenoxy) is 3. The summed E-state index contributed by atoms with van der Waals surface area (Å²) in [4.78, 5) is 10.9. The molecule has 1 amide bonds. The first-order valence-corrected chi connectivity index (χ1v) is 5.82. The first-order valence-electron chi connectivity index (χ1n) is 5.82. The van der Waals surface area contributed by atoms with Crippen LogP contribution in [0.1, 0.15) is 27.2 Å². The second-order valence-electron chi connectivity index (χ2n) is 3.12. The summed E-state index contributed by atoms with van der Waals surface area (Å²) in [5, 5.41) is 2.72. The van der Waals surface area contributed by atoms with Gasteiger partial charge in [-0.25, -0.2) is 0 Å². The number of rotatable bonds is 10. The van der Waals surface area contributed by atoms with Crippen molar-refractivity contribution in [1.82, 2.24) is 5.32 Å². The lowest BCUT2D eigenvalue weighted by Gasteiger charge is -2.16. The molecule has 0 aromatic carbocycles. The Balaban J connectivity index is 3.42. The second kappa shape index (κ2) is 10.9. The quantitative estimate of drug-likeness (QED) is 0.450. The van der Waals surface area contributed by atoms with Gasteiger partial charge in [-0.05, 0) is 13.8 Å². The van der Waals surface area contributed by atoms with Crippen molar-refractivity contribution in [3.8, 4) is 0 Å². The van der Waals surface area contributed by atoms with Gasteiger partial charge in [0.05, 0.1) is 13.2 Å². The molecule has 0 saturated carbocycles. The minimum Gasteiger partial charge on any atom is -0.374 e. The Hall–Kier alpha value is -0.650. The molecule has 0 aromatic rings. The Bertz CT molecular complexity index is 169. The third-order valence-corrected chi connectivity index (χ3v) is 1.85. The van der Waals surface area contributed by atoms with Gasteiger partial charge in [0.1, 0.15) is 0 Å². The molecule has 16 heavy (non-hydrogen) atoms. The first-order chi connectivity index (χ1) is 7.74. The van der Waals surface area contributed by atoms with Crippen LogP contribution in [0.15, 0.2) is 0 Å².